The minimum absolute atomic E-state index is 0.172. The molecular weight excluding hydrogens is 432 g/mol. The average Bonchev–Trinajstić information content (AvgIpc) is 2.70. The van der Waals surface area contributed by atoms with Gasteiger partial charge >= 0.3 is 0 Å². The summed E-state index contributed by atoms with van der Waals surface area (Å²) in [6, 6.07) is 10.7. The van der Waals surface area contributed by atoms with Gasteiger partial charge in [0.2, 0.25) is 15.9 Å². The molecule has 10 heteroatoms. The summed E-state index contributed by atoms with van der Waals surface area (Å²) in [4.78, 5) is 12.7. The van der Waals surface area contributed by atoms with Crippen molar-refractivity contribution in [3.8, 4) is 17.2 Å². The molecule has 30 heavy (non-hydrogen) atoms. The summed E-state index contributed by atoms with van der Waals surface area (Å²) in [5, 5.41) is 3.00. The highest BCUT2D eigenvalue weighted by atomic mass is 35.5. The van der Waals surface area contributed by atoms with E-state index in [9.17, 15) is 13.2 Å². The van der Waals surface area contributed by atoms with E-state index in [1.807, 2.05) is 6.07 Å². The standard InChI is InChI=1S/C20H25ClN2O6S/c1-14(20(24)22-11-12-29-19-8-6-5-7-18(19)28-3)23(30(4,25)26)16-13-15(21)9-10-17(16)27-2/h5-10,13-14H,11-12H2,1-4H3,(H,22,24). The lowest BCUT2D eigenvalue weighted by Gasteiger charge is -2.29. The number of carbonyl (C=O) groups is 1. The number of hydrogen-bond acceptors (Lipinski definition) is 6. The monoisotopic (exact) mass is 456 g/mol. The number of ether oxygens (including phenoxy) is 3. The molecular formula is C20H25ClN2O6S. The second-order valence-corrected chi connectivity index (χ2v) is 8.64. The molecule has 8 nitrogen and oxygen atoms in total. The number of nitrogens with one attached hydrogen (secondary N) is 1. The lowest BCUT2D eigenvalue weighted by Crippen LogP contribution is -2.48. The van der Waals surface area contributed by atoms with E-state index in [-0.39, 0.29) is 24.6 Å². The Morgan fingerprint density at radius 2 is 1.73 bits per heavy atom. The first-order valence-corrected chi connectivity index (χ1v) is 11.3. The van der Waals surface area contributed by atoms with Gasteiger partial charge in [-0.2, -0.15) is 0 Å². The normalized spacial score (nSPS) is 12.0. The van der Waals surface area contributed by atoms with E-state index in [0.29, 0.717) is 16.5 Å². The van der Waals surface area contributed by atoms with Crippen molar-refractivity contribution in [2.24, 2.45) is 0 Å². The molecule has 1 unspecified atom stereocenters. The third-order valence-corrected chi connectivity index (χ3v) is 5.66. The average molecular weight is 457 g/mol. The molecule has 0 radical (unpaired) electrons. The zero-order valence-electron chi connectivity index (χ0n) is 17.2. The lowest BCUT2D eigenvalue weighted by molar-refractivity contribution is -0.121. The minimum Gasteiger partial charge on any atom is -0.495 e. The fraction of sp³-hybridized carbons (Fsp3) is 0.350. The van der Waals surface area contributed by atoms with Crippen LogP contribution < -0.4 is 23.8 Å². The van der Waals surface area contributed by atoms with Crippen molar-refractivity contribution in [3.63, 3.8) is 0 Å². The number of para-hydroxylation sites is 2. The van der Waals surface area contributed by atoms with Gasteiger partial charge in [-0.25, -0.2) is 8.42 Å². The number of hydrogen-bond donors (Lipinski definition) is 1. The predicted octanol–water partition coefficient (Wildman–Crippen LogP) is 2.71. The fourth-order valence-electron chi connectivity index (χ4n) is 2.84. The Morgan fingerprint density at radius 3 is 2.33 bits per heavy atom. The number of anilines is 1. The van der Waals surface area contributed by atoms with Crippen LogP contribution in [0.1, 0.15) is 6.92 Å². The van der Waals surface area contributed by atoms with Crippen molar-refractivity contribution in [1.29, 1.82) is 0 Å². The molecule has 0 saturated carbocycles. The molecule has 1 amide bonds. The highest BCUT2D eigenvalue weighted by Crippen LogP contribution is 2.34. The van der Waals surface area contributed by atoms with Crippen LogP contribution >= 0.6 is 11.6 Å². The first-order chi connectivity index (χ1) is 14.2. The van der Waals surface area contributed by atoms with Gasteiger partial charge in [-0.1, -0.05) is 23.7 Å². The van der Waals surface area contributed by atoms with Gasteiger partial charge < -0.3 is 19.5 Å². The van der Waals surface area contributed by atoms with Crippen molar-refractivity contribution >= 4 is 33.2 Å². The Balaban J connectivity index is 2.09. The number of benzene rings is 2. The Morgan fingerprint density at radius 1 is 1.10 bits per heavy atom. The fourth-order valence-corrected chi connectivity index (χ4v) is 4.17. The summed E-state index contributed by atoms with van der Waals surface area (Å²) < 4.78 is 41.9. The Hall–Kier alpha value is -2.65. The number of halogens is 1. The van der Waals surface area contributed by atoms with E-state index in [1.54, 1.807) is 30.3 Å². The summed E-state index contributed by atoms with van der Waals surface area (Å²) in [7, 11) is -0.861. The van der Waals surface area contributed by atoms with Gasteiger partial charge in [-0.05, 0) is 37.3 Å². The number of rotatable bonds is 10. The van der Waals surface area contributed by atoms with Gasteiger partial charge in [0.05, 0.1) is 32.7 Å². The van der Waals surface area contributed by atoms with E-state index in [2.05, 4.69) is 5.32 Å². The Bertz CT molecular complexity index is 983. The lowest BCUT2D eigenvalue weighted by atomic mass is 10.2. The summed E-state index contributed by atoms with van der Waals surface area (Å²) in [5.74, 6) is 0.910. The molecule has 0 aliphatic heterocycles. The number of methoxy groups -OCH3 is 2. The minimum atomic E-state index is -3.81. The topological polar surface area (TPSA) is 94.2 Å². The van der Waals surface area contributed by atoms with Gasteiger partial charge in [0, 0.05) is 5.02 Å². The first kappa shape index (κ1) is 23.6. The van der Waals surface area contributed by atoms with Gasteiger partial charge in [0.1, 0.15) is 18.4 Å². The van der Waals surface area contributed by atoms with E-state index < -0.39 is 22.0 Å². The van der Waals surface area contributed by atoms with Crippen LogP contribution in [0.5, 0.6) is 17.2 Å². The van der Waals surface area contributed by atoms with E-state index >= 15 is 0 Å². The summed E-state index contributed by atoms with van der Waals surface area (Å²) in [6.07, 6.45) is 1.02. The third-order valence-electron chi connectivity index (χ3n) is 4.19. The van der Waals surface area contributed by atoms with E-state index in [4.69, 9.17) is 25.8 Å². The van der Waals surface area contributed by atoms with Gasteiger partial charge in [0.15, 0.2) is 11.5 Å². The largest absolute Gasteiger partial charge is 0.495 e. The van der Waals surface area contributed by atoms with Crippen LogP contribution in [0.15, 0.2) is 42.5 Å². The molecule has 1 N–H and O–H groups in total. The van der Waals surface area contributed by atoms with Crippen molar-refractivity contribution in [1.82, 2.24) is 5.32 Å². The van der Waals surface area contributed by atoms with Crippen LogP contribution in [0.3, 0.4) is 0 Å². The summed E-state index contributed by atoms with van der Waals surface area (Å²) in [6.45, 7) is 1.83. The Kier molecular flexibility index (Phi) is 8.19. The molecule has 0 heterocycles. The molecule has 0 aromatic heterocycles. The van der Waals surface area contributed by atoms with Gasteiger partial charge in [-0.3, -0.25) is 9.10 Å². The van der Waals surface area contributed by atoms with E-state index in [0.717, 1.165) is 10.6 Å². The molecule has 1 atom stereocenters. The highest BCUT2D eigenvalue weighted by Gasteiger charge is 2.31. The molecule has 2 aromatic carbocycles. The molecule has 0 bridgehead atoms. The van der Waals surface area contributed by atoms with Crippen molar-refractivity contribution in [2.45, 2.75) is 13.0 Å². The highest BCUT2D eigenvalue weighted by molar-refractivity contribution is 7.92. The molecule has 2 aromatic rings. The molecule has 0 spiro atoms. The second-order valence-electron chi connectivity index (χ2n) is 6.34. The molecule has 164 valence electrons. The summed E-state index contributed by atoms with van der Waals surface area (Å²) >= 11 is 6.03. The first-order valence-electron chi connectivity index (χ1n) is 9.05. The SMILES string of the molecule is COc1ccccc1OCCNC(=O)C(C)N(c1cc(Cl)ccc1OC)S(C)(=O)=O. The van der Waals surface area contributed by atoms with Crippen LogP contribution in [0.2, 0.25) is 5.02 Å². The number of nitrogens with zero attached hydrogens (tertiary/aromatic N) is 1. The molecule has 0 fully saturated rings. The molecule has 2 rings (SSSR count). The van der Waals surface area contributed by atoms with Crippen LogP contribution in [-0.2, 0) is 14.8 Å². The molecule has 0 aliphatic rings. The van der Waals surface area contributed by atoms with Crippen molar-refractivity contribution in [2.75, 3.05) is 37.9 Å². The zero-order valence-corrected chi connectivity index (χ0v) is 18.8. The smallest absolute Gasteiger partial charge is 0.243 e. The maximum Gasteiger partial charge on any atom is 0.243 e. The van der Waals surface area contributed by atoms with Crippen LogP contribution in [0.25, 0.3) is 0 Å². The maximum atomic E-state index is 12.7. The molecule has 0 saturated heterocycles. The number of amides is 1. The van der Waals surface area contributed by atoms with Crippen LogP contribution in [-0.4, -0.2) is 54.0 Å². The summed E-state index contributed by atoms with van der Waals surface area (Å²) in [5.41, 5.74) is 0.181. The van der Waals surface area contributed by atoms with E-state index in [1.165, 1.54) is 27.2 Å². The number of carbonyl (C=O) groups excluding carboxylic acids is 1. The van der Waals surface area contributed by atoms with Crippen LogP contribution in [0.4, 0.5) is 5.69 Å². The Labute approximate surface area is 181 Å². The van der Waals surface area contributed by atoms with Gasteiger partial charge in [0.25, 0.3) is 0 Å². The number of sulfonamides is 1. The van der Waals surface area contributed by atoms with Gasteiger partial charge in [-0.15, -0.1) is 0 Å². The maximum absolute atomic E-state index is 12.7. The zero-order chi connectivity index (χ0) is 22.3. The molecule has 0 aliphatic carbocycles. The van der Waals surface area contributed by atoms with Crippen molar-refractivity contribution in [3.05, 3.63) is 47.5 Å². The predicted molar refractivity (Wildman–Crippen MR) is 116 cm³/mol. The quantitative estimate of drug-likeness (QED) is 0.552. The third kappa shape index (κ3) is 5.93. The second kappa shape index (κ2) is 10.4. The van der Waals surface area contributed by atoms with Crippen molar-refractivity contribution < 1.29 is 27.4 Å². The van der Waals surface area contributed by atoms with Crippen LogP contribution in [0, 0.1) is 0 Å².